The normalized spacial score (nSPS) is 13.3. The number of fused-ring (bicyclic) bond motifs is 1. The highest BCUT2D eigenvalue weighted by Gasteiger charge is 2.20. The van der Waals surface area contributed by atoms with Crippen molar-refractivity contribution in [3.63, 3.8) is 0 Å². The average molecular weight is 288 g/mol. The van der Waals surface area contributed by atoms with Crippen LogP contribution in [0.25, 0.3) is 0 Å². The molecule has 2 aromatic carbocycles. The molecule has 0 aromatic heterocycles. The van der Waals surface area contributed by atoms with Crippen LogP contribution in [-0.4, -0.2) is 17.6 Å². The van der Waals surface area contributed by atoms with Crippen LogP contribution in [0.1, 0.15) is 21.5 Å². The van der Waals surface area contributed by atoms with Gasteiger partial charge >= 0.3 is 5.97 Å². The van der Waals surface area contributed by atoms with Crippen molar-refractivity contribution in [2.24, 2.45) is 0 Å². The zero-order valence-electron chi connectivity index (χ0n) is 10.8. The maximum absolute atomic E-state index is 11.3. The number of aromatic carboxylic acids is 1. The van der Waals surface area contributed by atoms with E-state index in [0.717, 1.165) is 18.5 Å². The molecule has 0 atom stereocenters. The van der Waals surface area contributed by atoms with E-state index in [1.54, 1.807) is 12.1 Å². The van der Waals surface area contributed by atoms with Gasteiger partial charge in [-0.2, -0.15) is 0 Å². The first kappa shape index (κ1) is 13.0. The van der Waals surface area contributed by atoms with Crippen LogP contribution in [0.3, 0.4) is 0 Å². The van der Waals surface area contributed by atoms with E-state index in [0.29, 0.717) is 11.6 Å². The maximum Gasteiger partial charge on any atom is 0.336 e. The molecule has 1 heterocycles. The molecule has 1 N–H and O–H groups in total. The lowest BCUT2D eigenvalue weighted by atomic mass is 10.1. The first-order chi connectivity index (χ1) is 9.65. The zero-order chi connectivity index (χ0) is 14.1. The summed E-state index contributed by atoms with van der Waals surface area (Å²) in [4.78, 5) is 13.5. The molecule has 0 amide bonds. The minimum Gasteiger partial charge on any atom is -0.478 e. The molecule has 4 heteroatoms. The van der Waals surface area contributed by atoms with E-state index in [9.17, 15) is 9.90 Å². The van der Waals surface area contributed by atoms with Crippen LogP contribution in [-0.2, 0) is 13.0 Å². The summed E-state index contributed by atoms with van der Waals surface area (Å²) in [5.74, 6) is -0.935. The molecule has 3 nitrogen and oxygen atoms in total. The molecule has 102 valence electrons. The fourth-order valence-electron chi connectivity index (χ4n) is 2.66. The number of hydrogen-bond donors (Lipinski definition) is 1. The van der Waals surface area contributed by atoms with Gasteiger partial charge in [-0.05, 0) is 35.7 Å². The number of anilines is 1. The lowest BCUT2D eigenvalue weighted by Crippen LogP contribution is -2.21. The van der Waals surface area contributed by atoms with Crippen LogP contribution < -0.4 is 4.90 Å². The molecule has 20 heavy (non-hydrogen) atoms. The van der Waals surface area contributed by atoms with Gasteiger partial charge in [-0.15, -0.1) is 0 Å². The number of rotatable bonds is 3. The number of carbonyl (C=O) groups is 1. The van der Waals surface area contributed by atoms with E-state index in [1.807, 2.05) is 12.1 Å². The molecular formula is C16H14ClNO2. The molecule has 0 saturated carbocycles. The van der Waals surface area contributed by atoms with Gasteiger partial charge in [-0.3, -0.25) is 0 Å². The highest BCUT2D eigenvalue weighted by molar-refractivity contribution is 6.30. The number of benzene rings is 2. The van der Waals surface area contributed by atoms with E-state index < -0.39 is 5.97 Å². The number of nitrogens with zero attached hydrogens (tertiary/aromatic N) is 1. The van der Waals surface area contributed by atoms with Gasteiger partial charge in [0.25, 0.3) is 0 Å². The molecule has 0 radical (unpaired) electrons. The Labute approximate surface area is 122 Å². The van der Waals surface area contributed by atoms with Crippen molar-refractivity contribution in [2.45, 2.75) is 13.0 Å². The molecular weight excluding hydrogens is 274 g/mol. The molecule has 0 fully saturated rings. The van der Waals surface area contributed by atoms with E-state index in [4.69, 9.17) is 11.6 Å². The topological polar surface area (TPSA) is 40.5 Å². The third kappa shape index (κ3) is 2.37. The second-order valence-corrected chi connectivity index (χ2v) is 5.34. The summed E-state index contributed by atoms with van der Waals surface area (Å²) in [7, 11) is 0. The Morgan fingerprint density at radius 2 is 2.05 bits per heavy atom. The number of hydrogen-bond acceptors (Lipinski definition) is 2. The zero-order valence-corrected chi connectivity index (χ0v) is 11.6. The van der Waals surface area contributed by atoms with Gasteiger partial charge in [-0.1, -0.05) is 35.9 Å². The van der Waals surface area contributed by atoms with Crippen molar-refractivity contribution < 1.29 is 9.90 Å². The Morgan fingerprint density at radius 3 is 2.85 bits per heavy atom. The predicted molar refractivity (Wildman–Crippen MR) is 79.6 cm³/mol. The summed E-state index contributed by atoms with van der Waals surface area (Å²) in [5.41, 5.74) is 3.58. The maximum atomic E-state index is 11.3. The Morgan fingerprint density at radius 1 is 1.25 bits per heavy atom. The van der Waals surface area contributed by atoms with Crippen LogP contribution in [0.15, 0.2) is 42.5 Å². The van der Waals surface area contributed by atoms with E-state index >= 15 is 0 Å². The number of para-hydroxylation sites is 1. The van der Waals surface area contributed by atoms with Gasteiger partial charge < -0.3 is 10.0 Å². The summed E-state index contributed by atoms with van der Waals surface area (Å²) in [6.45, 7) is 1.51. The number of halogens is 1. The third-order valence-corrected chi connectivity index (χ3v) is 3.88. The molecule has 0 unspecified atom stereocenters. The van der Waals surface area contributed by atoms with Gasteiger partial charge in [0.05, 0.1) is 5.56 Å². The van der Waals surface area contributed by atoms with Crippen LogP contribution in [0, 0.1) is 0 Å². The van der Waals surface area contributed by atoms with Crippen molar-refractivity contribution in [1.82, 2.24) is 0 Å². The summed E-state index contributed by atoms with van der Waals surface area (Å²) >= 11 is 5.88. The van der Waals surface area contributed by atoms with Crippen LogP contribution in [0.2, 0.25) is 5.02 Å². The molecule has 3 rings (SSSR count). The molecule has 1 aliphatic heterocycles. The smallest absolute Gasteiger partial charge is 0.336 e. The van der Waals surface area contributed by atoms with Gasteiger partial charge in [0.15, 0.2) is 0 Å². The molecule has 0 spiro atoms. The molecule has 0 saturated heterocycles. The number of carboxylic acids is 1. The molecule has 1 aliphatic rings. The summed E-state index contributed by atoms with van der Waals surface area (Å²) in [6, 6.07) is 13.3. The standard InChI is InChI=1S/C16H14ClNO2/c17-13-6-5-12(14(9-13)16(19)20)10-18-8-7-11-3-1-2-4-15(11)18/h1-6,9H,7-8,10H2,(H,19,20). The Kier molecular flexibility index (Phi) is 3.36. The van der Waals surface area contributed by atoms with E-state index in [-0.39, 0.29) is 5.56 Å². The van der Waals surface area contributed by atoms with Gasteiger partial charge in [0.2, 0.25) is 0 Å². The minimum absolute atomic E-state index is 0.280. The lowest BCUT2D eigenvalue weighted by Gasteiger charge is -2.20. The Balaban J connectivity index is 1.92. The molecule has 0 bridgehead atoms. The fraction of sp³-hybridized carbons (Fsp3) is 0.188. The van der Waals surface area contributed by atoms with Gasteiger partial charge in [-0.25, -0.2) is 4.79 Å². The fourth-order valence-corrected chi connectivity index (χ4v) is 2.83. The first-order valence-electron chi connectivity index (χ1n) is 6.50. The van der Waals surface area contributed by atoms with Crippen LogP contribution in [0.5, 0.6) is 0 Å². The highest BCUT2D eigenvalue weighted by Crippen LogP contribution is 2.29. The van der Waals surface area contributed by atoms with Gasteiger partial charge in [0, 0.05) is 23.8 Å². The van der Waals surface area contributed by atoms with E-state index in [1.165, 1.54) is 17.3 Å². The lowest BCUT2D eigenvalue weighted by molar-refractivity contribution is 0.0695. The second-order valence-electron chi connectivity index (χ2n) is 4.91. The Bertz CT molecular complexity index is 669. The summed E-state index contributed by atoms with van der Waals surface area (Å²) < 4.78 is 0. The highest BCUT2D eigenvalue weighted by atomic mass is 35.5. The molecule has 0 aliphatic carbocycles. The summed E-state index contributed by atoms with van der Waals surface area (Å²) in [6.07, 6.45) is 1.01. The van der Waals surface area contributed by atoms with E-state index in [2.05, 4.69) is 17.0 Å². The van der Waals surface area contributed by atoms with Crippen molar-refractivity contribution in [1.29, 1.82) is 0 Å². The van der Waals surface area contributed by atoms with Crippen molar-refractivity contribution in [2.75, 3.05) is 11.4 Å². The average Bonchev–Trinajstić information content (AvgIpc) is 2.84. The largest absolute Gasteiger partial charge is 0.478 e. The monoisotopic (exact) mass is 287 g/mol. The van der Waals surface area contributed by atoms with Crippen molar-refractivity contribution in [3.8, 4) is 0 Å². The molecule has 2 aromatic rings. The Hall–Kier alpha value is -2.00. The second kappa shape index (κ2) is 5.17. The minimum atomic E-state index is -0.935. The quantitative estimate of drug-likeness (QED) is 0.938. The van der Waals surface area contributed by atoms with Crippen molar-refractivity contribution in [3.05, 3.63) is 64.2 Å². The van der Waals surface area contributed by atoms with Crippen LogP contribution >= 0.6 is 11.6 Å². The SMILES string of the molecule is O=C(O)c1cc(Cl)ccc1CN1CCc2ccccc21. The predicted octanol–water partition coefficient (Wildman–Crippen LogP) is 3.60. The number of carboxylic acid groups (broad SMARTS) is 1. The first-order valence-corrected chi connectivity index (χ1v) is 6.87. The van der Waals surface area contributed by atoms with Gasteiger partial charge in [0.1, 0.15) is 0 Å². The van der Waals surface area contributed by atoms with Crippen molar-refractivity contribution >= 4 is 23.3 Å². The summed E-state index contributed by atoms with van der Waals surface area (Å²) in [5, 5.41) is 9.73. The van der Waals surface area contributed by atoms with Crippen LogP contribution in [0.4, 0.5) is 5.69 Å². The third-order valence-electron chi connectivity index (χ3n) is 3.65.